The molecule has 4 rings (SSSR count). The van der Waals surface area contributed by atoms with E-state index >= 15 is 4.39 Å². The Morgan fingerprint density at radius 3 is 2.05 bits per heavy atom. The predicted molar refractivity (Wildman–Crippen MR) is 244 cm³/mol. The second kappa shape index (κ2) is 24.6. The summed E-state index contributed by atoms with van der Waals surface area (Å²) in [5.41, 5.74) is 7.05. The molecule has 0 saturated carbocycles. The Bertz CT molecular complexity index is 2270. The van der Waals surface area contributed by atoms with Crippen LogP contribution in [-0.4, -0.2) is 101 Å². The van der Waals surface area contributed by atoms with E-state index in [0.717, 1.165) is 29.3 Å². The van der Waals surface area contributed by atoms with Crippen molar-refractivity contribution in [3.05, 3.63) is 120 Å². The number of hydrogen-bond acceptors (Lipinski definition) is 9. The van der Waals surface area contributed by atoms with Crippen molar-refractivity contribution < 1.29 is 47.4 Å². The fourth-order valence-corrected chi connectivity index (χ4v) is 7.31. The van der Waals surface area contributed by atoms with Crippen LogP contribution in [-0.2, 0) is 41.9 Å². The first-order valence-corrected chi connectivity index (χ1v) is 21.7. The lowest BCUT2D eigenvalue weighted by Crippen LogP contribution is -2.57. The van der Waals surface area contributed by atoms with E-state index in [9.17, 15) is 38.3 Å². The van der Waals surface area contributed by atoms with Crippen LogP contribution in [0.1, 0.15) is 70.8 Å². The number of carbonyl (C=O) groups is 6. The number of nitrogens with two attached hydrogens (primary N) is 1. The van der Waals surface area contributed by atoms with Crippen molar-refractivity contribution in [3.63, 3.8) is 0 Å². The van der Waals surface area contributed by atoms with E-state index in [1.54, 1.807) is 50.4 Å². The van der Waals surface area contributed by atoms with Crippen LogP contribution in [0.25, 0.3) is 11.1 Å². The molecule has 0 bridgehead atoms. The van der Waals surface area contributed by atoms with Gasteiger partial charge in [0.15, 0.2) is 0 Å². The van der Waals surface area contributed by atoms with Crippen molar-refractivity contribution in [1.29, 1.82) is 0 Å². The number of ether oxygens (including phenoxy) is 1. The maximum atomic E-state index is 15.3. The van der Waals surface area contributed by atoms with E-state index in [-0.39, 0.29) is 51.3 Å². The van der Waals surface area contributed by atoms with E-state index < -0.39 is 89.4 Å². The molecular formula is C48H62F2N8O8. The molecule has 1 unspecified atom stereocenters. The summed E-state index contributed by atoms with van der Waals surface area (Å²) in [6.07, 6.45) is 0.618. The average Bonchev–Trinajstić information content (AvgIpc) is 3.69. The average molecular weight is 917 g/mol. The number of halogens is 2. The second-order valence-electron chi connectivity index (χ2n) is 17.3. The summed E-state index contributed by atoms with van der Waals surface area (Å²) in [7, 11) is 0. The van der Waals surface area contributed by atoms with Crippen molar-refractivity contribution in [2.75, 3.05) is 32.8 Å². The minimum Gasteiger partial charge on any atom is -0.445 e. The van der Waals surface area contributed by atoms with E-state index in [2.05, 4.69) is 26.6 Å². The first-order valence-electron chi connectivity index (χ1n) is 21.7. The van der Waals surface area contributed by atoms with Gasteiger partial charge in [-0.15, -0.1) is 0 Å². The van der Waals surface area contributed by atoms with Crippen LogP contribution in [0.4, 0.5) is 13.6 Å². The number of hydrogen-bond donors (Lipinski definition) is 7. The number of rotatable bonds is 22. The lowest BCUT2D eigenvalue weighted by Gasteiger charge is -2.41. The molecule has 0 fully saturated rings. The summed E-state index contributed by atoms with van der Waals surface area (Å²) in [4.78, 5) is 80.9. The highest BCUT2D eigenvalue weighted by Crippen LogP contribution is 2.41. The second-order valence-corrected chi connectivity index (χ2v) is 17.3. The van der Waals surface area contributed by atoms with Gasteiger partial charge in [0.25, 0.3) is 0 Å². The number of nitrogens with zero attached hydrogens (tertiary/aromatic N) is 2. The monoisotopic (exact) mass is 916 g/mol. The van der Waals surface area contributed by atoms with Crippen molar-refractivity contribution in [2.45, 2.75) is 85.3 Å². The molecule has 356 valence electrons. The molecule has 8 N–H and O–H groups in total. The quantitative estimate of drug-likeness (QED) is 0.0567. The van der Waals surface area contributed by atoms with Crippen molar-refractivity contribution in [1.82, 2.24) is 36.1 Å². The zero-order valence-electron chi connectivity index (χ0n) is 38.2. The molecule has 0 saturated heterocycles. The van der Waals surface area contributed by atoms with Crippen LogP contribution in [0.15, 0.2) is 91.1 Å². The zero-order valence-corrected chi connectivity index (χ0v) is 38.2. The molecule has 0 aliphatic heterocycles. The molecular weight excluding hydrogens is 855 g/mol. The normalized spacial score (nSPS) is 13.1. The Balaban J connectivity index is 1.63. The fourth-order valence-electron chi connectivity index (χ4n) is 7.31. The summed E-state index contributed by atoms with van der Waals surface area (Å²) in [5, 5.41) is 23.4. The maximum Gasteiger partial charge on any atom is 0.408 e. The number of aliphatic hydroxyl groups excluding tert-OH is 1. The van der Waals surface area contributed by atoms with Crippen molar-refractivity contribution in [2.24, 2.45) is 17.1 Å². The molecule has 0 radical (unpaired) electrons. The van der Waals surface area contributed by atoms with Crippen molar-refractivity contribution in [3.8, 4) is 11.1 Å². The highest BCUT2D eigenvalue weighted by atomic mass is 19.1. The van der Waals surface area contributed by atoms with Gasteiger partial charge in [-0.05, 0) is 60.1 Å². The first-order chi connectivity index (χ1) is 31.3. The van der Waals surface area contributed by atoms with Gasteiger partial charge in [0.05, 0.1) is 12.6 Å². The molecule has 18 heteroatoms. The van der Waals surface area contributed by atoms with Crippen LogP contribution in [0.2, 0.25) is 0 Å². The zero-order chi connectivity index (χ0) is 48.6. The number of aromatic nitrogens is 1. The Kier molecular flexibility index (Phi) is 19.4. The van der Waals surface area contributed by atoms with Gasteiger partial charge in [-0.25, -0.2) is 13.6 Å². The van der Waals surface area contributed by atoms with E-state index in [1.807, 2.05) is 61.7 Å². The van der Waals surface area contributed by atoms with Crippen molar-refractivity contribution >= 4 is 35.6 Å². The Hall–Kier alpha value is -6.66. The molecule has 0 aliphatic rings. The summed E-state index contributed by atoms with van der Waals surface area (Å²) in [6, 6.07) is 18.6. The largest absolute Gasteiger partial charge is 0.445 e. The molecule has 16 nitrogen and oxygen atoms in total. The number of nitrogens with one attached hydrogen (secondary N) is 5. The third-order valence-corrected chi connectivity index (χ3v) is 10.6. The van der Waals surface area contributed by atoms with Gasteiger partial charge in [-0.2, -0.15) is 0 Å². The summed E-state index contributed by atoms with van der Waals surface area (Å²) in [6.45, 7) is 9.19. The van der Waals surface area contributed by atoms with E-state index in [1.165, 1.54) is 11.8 Å². The smallest absolute Gasteiger partial charge is 0.408 e. The molecule has 66 heavy (non-hydrogen) atoms. The van der Waals surface area contributed by atoms with Crippen LogP contribution in [0.5, 0.6) is 0 Å². The Labute approximate surface area is 384 Å². The van der Waals surface area contributed by atoms with Crippen LogP contribution in [0, 0.1) is 23.0 Å². The molecule has 6 amide bonds. The number of carbonyl (C=O) groups excluding carboxylic acids is 6. The number of benzene rings is 3. The minimum atomic E-state index is -1.34. The summed E-state index contributed by atoms with van der Waals surface area (Å²) in [5.74, 6) is -5.06. The van der Waals surface area contributed by atoms with Gasteiger partial charge in [0.2, 0.25) is 29.5 Å². The molecule has 3 aromatic carbocycles. The lowest BCUT2D eigenvalue weighted by atomic mass is 9.82. The molecule has 4 aromatic rings. The summed E-state index contributed by atoms with van der Waals surface area (Å²) >= 11 is 0. The number of alkyl carbamates (subject to hydrolysis) is 1. The van der Waals surface area contributed by atoms with Gasteiger partial charge in [0, 0.05) is 49.2 Å². The molecule has 0 aliphatic carbocycles. The SMILES string of the molecule is CC(C)C(NC(=O)OCc1ccccc1)C(=O)N[C@@H](C)C(=O)N[C@@H](CCN(C(=O)CO)[C@@H](c1cc(-c2cc(F)ccc2F)cn1Cc1ccccc1)C(C)(C)C)C(=O)NCCNC(=O)CN. The molecule has 0 spiro atoms. The topological polar surface area (TPSA) is 226 Å². The highest BCUT2D eigenvalue weighted by Gasteiger charge is 2.38. The fraction of sp³-hybridized carbons (Fsp3) is 0.417. The number of amides is 6. The van der Waals surface area contributed by atoms with Crippen LogP contribution < -0.4 is 32.3 Å². The van der Waals surface area contributed by atoms with Gasteiger partial charge in [0.1, 0.15) is 43.0 Å². The lowest BCUT2D eigenvalue weighted by molar-refractivity contribution is -0.140. The molecule has 1 aromatic heterocycles. The van der Waals surface area contributed by atoms with Crippen LogP contribution >= 0.6 is 0 Å². The minimum absolute atomic E-state index is 0.00226. The van der Waals surface area contributed by atoms with E-state index in [4.69, 9.17) is 10.5 Å². The Morgan fingerprint density at radius 1 is 0.803 bits per heavy atom. The Morgan fingerprint density at radius 2 is 1.44 bits per heavy atom. The third-order valence-electron chi connectivity index (χ3n) is 10.6. The molecule has 4 atom stereocenters. The van der Waals surface area contributed by atoms with Crippen LogP contribution in [0.3, 0.4) is 0 Å². The van der Waals surface area contributed by atoms with Gasteiger partial charge >= 0.3 is 6.09 Å². The van der Waals surface area contributed by atoms with Gasteiger partial charge < -0.3 is 51.6 Å². The van der Waals surface area contributed by atoms with Gasteiger partial charge in [-0.1, -0.05) is 95.3 Å². The number of aliphatic hydroxyl groups is 1. The highest BCUT2D eigenvalue weighted by molar-refractivity contribution is 5.93. The standard InChI is InChI=1S/C48H62F2N8O8/c1-30(2)42(56-47(65)66-29-33-15-11-8-12-16-33)46(64)54-31(3)44(62)55-38(45(63)53-21-20-52-40(60)25-51)19-22-58(41(61)28-59)43(48(4,5)6)39-23-34(36-24-35(49)17-18-37(36)50)27-57(39)26-32-13-9-7-10-14-32/h7-18,23-24,27,30-31,38,42-43,59H,19-22,25-26,28-29,51H2,1-6H3,(H,52,60)(H,53,63)(H,54,64)(H,55,62)(H,56,65)/t31-,38-,42?,43-/m0/s1. The van der Waals surface area contributed by atoms with E-state index in [0.29, 0.717) is 11.3 Å². The predicted octanol–water partition coefficient (Wildman–Crippen LogP) is 3.91. The third kappa shape index (κ3) is 15.2. The molecule has 1 heterocycles. The first kappa shape index (κ1) is 52.0. The maximum absolute atomic E-state index is 15.3. The summed E-state index contributed by atoms with van der Waals surface area (Å²) < 4.78 is 36.9. The van der Waals surface area contributed by atoms with Gasteiger partial charge in [-0.3, -0.25) is 24.0 Å².